The third-order valence-corrected chi connectivity index (χ3v) is 2.15. The summed E-state index contributed by atoms with van der Waals surface area (Å²) in [5.41, 5.74) is 0.562. The van der Waals surface area contributed by atoms with E-state index in [0.717, 1.165) is 9.78 Å². The molecule has 0 heterocycles. The number of hydrogen-bond donors (Lipinski definition) is 2. The molecule has 0 aliphatic heterocycles. The number of carbonyl (C=O) groups is 1. The minimum absolute atomic E-state index is 0.509. The number of halogens is 2. The normalized spacial score (nSPS) is 10.4. The Bertz CT molecular complexity index is 361. The highest BCUT2D eigenvalue weighted by molar-refractivity contribution is 14.1. The molecule has 0 spiro atoms. The Morgan fingerprint density at radius 2 is 2.29 bits per heavy atom. The van der Waals surface area contributed by atoms with Gasteiger partial charge in [-0.1, -0.05) is 16.8 Å². The van der Waals surface area contributed by atoms with Crippen LogP contribution in [0.5, 0.6) is 0 Å². The second-order valence-corrected chi connectivity index (χ2v) is 4.07. The summed E-state index contributed by atoms with van der Waals surface area (Å²) in [6, 6.07) is 5.11. The monoisotopic (exact) mass is 324 g/mol. The molecule has 6 heteroatoms. The van der Waals surface area contributed by atoms with Crippen LogP contribution >= 0.6 is 34.2 Å². The van der Waals surface area contributed by atoms with Crippen LogP contribution in [0.15, 0.2) is 23.4 Å². The van der Waals surface area contributed by atoms with Gasteiger partial charge in [0.05, 0.1) is 0 Å². The number of anilines is 1. The molecule has 0 bridgehead atoms. The van der Waals surface area contributed by atoms with Crippen LogP contribution in [0.1, 0.15) is 0 Å². The van der Waals surface area contributed by atoms with Gasteiger partial charge in [-0.15, -0.1) is 0 Å². The zero-order valence-electron chi connectivity index (χ0n) is 6.87. The predicted octanol–water partition coefficient (Wildman–Crippen LogP) is 2.34. The summed E-state index contributed by atoms with van der Waals surface area (Å²) in [6.45, 7) is 0. The van der Waals surface area contributed by atoms with Crippen molar-refractivity contribution in [2.24, 2.45) is 5.16 Å². The summed E-state index contributed by atoms with van der Waals surface area (Å²) in [7, 11) is 0. The SMILES string of the molecule is O=C(/C=N/O)Nc1cc(Cl)cc(I)c1. The van der Waals surface area contributed by atoms with Gasteiger partial charge in [-0.3, -0.25) is 4.79 Å². The Morgan fingerprint density at radius 1 is 1.57 bits per heavy atom. The summed E-state index contributed by atoms with van der Waals surface area (Å²) >= 11 is 7.85. The Labute approximate surface area is 99.1 Å². The van der Waals surface area contributed by atoms with E-state index in [1.807, 2.05) is 0 Å². The molecule has 1 aromatic carbocycles. The number of benzene rings is 1. The van der Waals surface area contributed by atoms with Crippen LogP contribution in [0.3, 0.4) is 0 Å². The number of amides is 1. The van der Waals surface area contributed by atoms with Crippen molar-refractivity contribution in [1.29, 1.82) is 0 Å². The standard InChI is InChI=1S/C8H6ClIN2O2/c9-5-1-6(10)3-7(2-5)12-8(13)4-11-14/h1-4,14H,(H,12,13)/b11-4+. The van der Waals surface area contributed by atoms with Crippen molar-refractivity contribution in [3.8, 4) is 0 Å². The van der Waals surface area contributed by atoms with E-state index in [4.69, 9.17) is 16.8 Å². The van der Waals surface area contributed by atoms with Gasteiger partial charge in [0.15, 0.2) is 0 Å². The second-order valence-electron chi connectivity index (χ2n) is 2.39. The highest BCUT2D eigenvalue weighted by atomic mass is 127. The zero-order chi connectivity index (χ0) is 10.6. The highest BCUT2D eigenvalue weighted by Crippen LogP contribution is 2.19. The molecule has 0 radical (unpaired) electrons. The predicted molar refractivity (Wildman–Crippen MR) is 63.1 cm³/mol. The first-order valence-electron chi connectivity index (χ1n) is 3.56. The second kappa shape index (κ2) is 5.16. The van der Waals surface area contributed by atoms with Crippen LogP contribution < -0.4 is 5.32 Å². The van der Waals surface area contributed by atoms with Gasteiger partial charge in [0.25, 0.3) is 5.91 Å². The maximum atomic E-state index is 11.0. The first kappa shape index (κ1) is 11.3. The summed E-state index contributed by atoms with van der Waals surface area (Å²) < 4.78 is 0.909. The van der Waals surface area contributed by atoms with E-state index < -0.39 is 5.91 Å². The number of rotatable bonds is 2. The number of nitrogens with one attached hydrogen (secondary N) is 1. The van der Waals surface area contributed by atoms with E-state index in [0.29, 0.717) is 10.7 Å². The van der Waals surface area contributed by atoms with Crippen molar-refractivity contribution in [1.82, 2.24) is 0 Å². The molecule has 2 N–H and O–H groups in total. The van der Waals surface area contributed by atoms with Crippen molar-refractivity contribution in [3.05, 3.63) is 26.8 Å². The highest BCUT2D eigenvalue weighted by Gasteiger charge is 2.01. The molecular weight excluding hydrogens is 318 g/mol. The molecule has 0 aliphatic carbocycles. The Hall–Kier alpha value is -0.820. The number of nitrogens with zero attached hydrogens (tertiary/aromatic N) is 1. The van der Waals surface area contributed by atoms with Gasteiger partial charge in [0.2, 0.25) is 0 Å². The van der Waals surface area contributed by atoms with Gasteiger partial charge in [0.1, 0.15) is 6.21 Å². The maximum absolute atomic E-state index is 11.0. The molecule has 0 saturated heterocycles. The largest absolute Gasteiger partial charge is 0.411 e. The first-order valence-corrected chi connectivity index (χ1v) is 5.02. The van der Waals surface area contributed by atoms with Crippen molar-refractivity contribution in [3.63, 3.8) is 0 Å². The number of oxime groups is 1. The van der Waals surface area contributed by atoms with Crippen LogP contribution in [-0.4, -0.2) is 17.3 Å². The van der Waals surface area contributed by atoms with E-state index in [9.17, 15) is 4.79 Å². The van der Waals surface area contributed by atoms with Crippen molar-refractivity contribution < 1.29 is 10.0 Å². The number of carbonyl (C=O) groups excluding carboxylic acids is 1. The van der Waals surface area contributed by atoms with Gasteiger partial charge in [0, 0.05) is 14.3 Å². The van der Waals surface area contributed by atoms with E-state index in [-0.39, 0.29) is 0 Å². The van der Waals surface area contributed by atoms with Crippen molar-refractivity contribution >= 4 is 52.0 Å². The average molecular weight is 325 g/mol. The van der Waals surface area contributed by atoms with Crippen LogP contribution in [0.25, 0.3) is 0 Å². The van der Waals surface area contributed by atoms with Crippen molar-refractivity contribution in [2.75, 3.05) is 5.32 Å². The third-order valence-electron chi connectivity index (χ3n) is 1.31. The maximum Gasteiger partial charge on any atom is 0.270 e. The lowest BCUT2D eigenvalue weighted by atomic mass is 10.3. The molecular formula is C8H6ClIN2O2. The quantitative estimate of drug-likeness (QED) is 0.380. The molecule has 4 nitrogen and oxygen atoms in total. The smallest absolute Gasteiger partial charge is 0.270 e. The van der Waals surface area contributed by atoms with Crippen molar-refractivity contribution in [2.45, 2.75) is 0 Å². The molecule has 0 fully saturated rings. The molecule has 14 heavy (non-hydrogen) atoms. The van der Waals surface area contributed by atoms with Gasteiger partial charge in [-0.2, -0.15) is 0 Å². The fourth-order valence-corrected chi connectivity index (χ4v) is 1.94. The van der Waals surface area contributed by atoms with Gasteiger partial charge in [-0.05, 0) is 40.8 Å². The molecule has 0 atom stereocenters. The molecule has 0 unspecified atom stereocenters. The minimum atomic E-state index is -0.509. The Morgan fingerprint density at radius 3 is 2.86 bits per heavy atom. The summed E-state index contributed by atoms with van der Waals surface area (Å²) in [6.07, 6.45) is 0.772. The Kier molecular flexibility index (Phi) is 4.15. The van der Waals surface area contributed by atoms with E-state index in [1.54, 1.807) is 18.2 Å². The molecule has 0 aromatic heterocycles. The van der Waals surface area contributed by atoms with Gasteiger partial charge >= 0.3 is 0 Å². The summed E-state index contributed by atoms with van der Waals surface area (Å²) in [5.74, 6) is -0.509. The van der Waals surface area contributed by atoms with Gasteiger partial charge < -0.3 is 10.5 Å². The van der Waals surface area contributed by atoms with Gasteiger partial charge in [-0.25, -0.2) is 0 Å². The van der Waals surface area contributed by atoms with E-state index in [2.05, 4.69) is 33.1 Å². The lowest BCUT2D eigenvalue weighted by molar-refractivity contribution is -0.110. The van der Waals surface area contributed by atoms with Crippen LogP contribution in [0, 0.1) is 3.57 Å². The molecule has 0 saturated carbocycles. The first-order chi connectivity index (χ1) is 6.61. The lowest BCUT2D eigenvalue weighted by Gasteiger charge is -2.02. The molecule has 74 valence electrons. The Balaban J connectivity index is 2.81. The average Bonchev–Trinajstić information content (AvgIpc) is 2.01. The molecule has 1 amide bonds. The number of hydrogen-bond acceptors (Lipinski definition) is 3. The van der Waals surface area contributed by atoms with E-state index >= 15 is 0 Å². The van der Waals surface area contributed by atoms with Crippen LogP contribution in [-0.2, 0) is 4.79 Å². The molecule has 1 rings (SSSR count). The summed E-state index contributed by atoms with van der Waals surface area (Å²) in [5, 5.41) is 13.7. The fourth-order valence-electron chi connectivity index (χ4n) is 0.853. The lowest BCUT2D eigenvalue weighted by Crippen LogP contribution is -2.12. The third kappa shape index (κ3) is 3.51. The molecule has 0 aliphatic rings. The summed E-state index contributed by atoms with van der Waals surface area (Å²) in [4.78, 5) is 11.0. The zero-order valence-corrected chi connectivity index (χ0v) is 9.78. The fraction of sp³-hybridized carbons (Fsp3) is 0. The van der Waals surface area contributed by atoms with Crippen LogP contribution in [0.4, 0.5) is 5.69 Å². The van der Waals surface area contributed by atoms with E-state index in [1.165, 1.54) is 0 Å². The van der Waals surface area contributed by atoms with Crippen LogP contribution in [0.2, 0.25) is 5.02 Å². The topological polar surface area (TPSA) is 61.7 Å². The minimum Gasteiger partial charge on any atom is -0.411 e. The molecule has 1 aromatic rings.